The van der Waals surface area contributed by atoms with Gasteiger partial charge in [-0.1, -0.05) is 24.3 Å². The first kappa shape index (κ1) is 14.6. The minimum absolute atomic E-state index is 0.0503. The van der Waals surface area contributed by atoms with E-state index in [-0.39, 0.29) is 11.8 Å². The molecule has 0 saturated heterocycles. The van der Waals surface area contributed by atoms with Gasteiger partial charge >= 0.3 is 0 Å². The number of hydrogen-bond donors (Lipinski definition) is 1. The number of nitrogens with one attached hydrogen (secondary N) is 1. The quantitative estimate of drug-likeness (QED) is 0.787. The molecule has 120 valence electrons. The highest BCUT2D eigenvalue weighted by molar-refractivity contribution is 5.82. The van der Waals surface area contributed by atoms with Crippen LogP contribution < -0.4 is 5.32 Å². The lowest BCUT2D eigenvalue weighted by molar-refractivity contribution is -0.122. The molecule has 2 atom stereocenters. The van der Waals surface area contributed by atoms with E-state index in [9.17, 15) is 4.79 Å². The molecule has 3 aromatic rings. The van der Waals surface area contributed by atoms with Gasteiger partial charge in [0.1, 0.15) is 5.82 Å². The molecule has 2 aromatic heterocycles. The van der Waals surface area contributed by atoms with E-state index < -0.39 is 0 Å². The van der Waals surface area contributed by atoms with Gasteiger partial charge in [0.15, 0.2) is 0 Å². The van der Waals surface area contributed by atoms with Gasteiger partial charge in [0.2, 0.25) is 5.91 Å². The smallest absolute Gasteiger partial charge is 0.224 e. The fourth-order valence-corrected chi connectivity index (χ4v) is 3.03. The topological polar surface area (TPSA) is 59.8 Å². The molecule has 2 unspecified atom stereocenters. The maximum atomic E-state index is 12.4. The molecule has 24 heavy (non-hydrogen) atoms. The molecule has 0 spiro atoms. The summed E-state index contributed by atoms with van der Waals surface area (Å²) in [6.45, 7) is 0.428. The fraction of sp³-hybridized carbons (Fsp3) is 0.211. The van der Waals surface area contributed by atoms with E-state index in [0.717, 1.165) is 23.5 Å². The first-order valence-corrected chi connectivity index (χ1v) is 8.08. The largest absolute Gasteiger partial charge is 0.349 e. The van der Waals surface area contributed by atoms with Crippen LogP contribution in [0.1, 0.15) is 23.7 Å². The molecule has 1 aliphatic carbocycles. The van der Waals surface area contributed by atoms with Gasteiger partial charge in [0.25, 0.3) is 0 Å². The zero-order valence-electron chi connectivity index (χ0n) is 13.2. The first-order valence-electron chi connectivity index (χ1n) is 8.08. The van der Waals surface area contributed by atoms with Gasteiger partial charge in [-0.05, 0) is 36.1 Å². The predicted molar refractivity (Wildman–Crippen MR) is 90.5 cm³/mol. The van der Waals surface area contributed by atoms with Crippen molar-refractivity contribution in [3.63, 3.8) is 0 Å². The van der Waals surface area contributed by atoms with E-state index in [1.807, 2.05) is 59.4 Å². The second kappa shape index (κ2) is 6.28. The van der Waals surface area contributed by atoms with Crippen LogP contribution in [-0.2, 0) is 11.3 Å². The molecule has 2 heterocycles. The van der Waals surface area contributed by atoms with Gasteiger partial charge < -0.3 is 9.88 Å². The number of hydrogen-bond acceptors (Lipinski definition) is 3. The van der Waals surface area contributed by atoms with Crippen molar-refractivity contribution in [2.24, 2.45) is 5.92 Å². The standard InChI is InChI=1S/C19H18N4O/c24-19(17-11-16(17)14-5-4-8-20-12-14)22-13-18-21-9-10-23(18)15-6-2-1-3-7-15/h1-10,12,16-17H,11,13H2,(H,22,24). The molecule has 5 nitrogen and oxygen atoms in total. The predicted octanol–water partition coefficient (Wildman–Crippen LogP) is 2.69. The normalized spacial score (nSPS) is 19.0. The number of nitrogens with zero attached hydrogens (tertiary/aromatic N) is 3. The highest BCUT2D eigenvalue weighted by Crippen LogP contribution is 2.47. The minimum atomic E-state index is 0.0503. The molecule has 4 rings (SSSR count). The van der Waals surface area contributed by atoms with Crippen molar-refractivity contribution < 1.29 is 4.79 Å². The zero-order chi connectivity index (χ0) is 16.4. The van der Waals surface area contributed by atoms with Gasteiger partial charge in [0.05, 0.1) is 6.54 Å². The molecule has 1 saturated carbocycles. The van der Waals surface area contributed by atoms with Crippen LogP contribution in [0.15, 0.2) is 67.3 Å². The van der Waals surface area contributed by atoms with Crippen molar-refractivity contribution in [3.05, 3.63) is 78.6 Å². The lowest BCUT2D eigenvalue weighted by Gasteiger charge is -2.09. The van der Waals surface area contributed by atoms with Crippen LogP contribution in [0.4, 0.5) is 0 Å². The van der Waals surface area contributed by atoms with Gasteiger partial charge in [-0.2, -0.15) is 0 Å². The summed E-state index contributed by atoms with van der Waals surface area (Å²) in [6.07, 6.45) is 8.16. The minimum Gasteiger partial charge on any atom is -0.349 e. The van der Waals surface area contributed by atoms with Crippen molar-refractivity contribution in [3.8, 4) is 5.69 Å². The molecule has 0 radical (unpaired) electrons. The highest BCUT2D eigenvalue weighted by Gasteiger charge is 2.43. The Balaban J connectivity index is 1.39. The summed E-state index contributed by atoms with van der Waals surface area (Å²) in [4.78, 5) is 20.8. The number of carbonyl (C=O) groups excluding carboxylic acids is 1. The Morgan fingerprint density at radius 2 is 2.04 bits per heavy atom. The van der Waals surface area contributed by atoms with Crippen LogP contribution in [-0.4, -0.2) is 20.4 Å². The maximum Gasteiger partial charge on any atom is 0.224 e. The van der Waals surface area contributed by atoms with E-state index in [0.29, 0.717) is 12.5 Å². The zero-order valence-corrected chi connectivity index (χ0v) is 13.2. The van der Waals surface area contributed by atoms with Gasteiger partial charge in [0, 0.05) is 36.4 Å². The van der Waals surface area contributed by atoms with Crippen molar-refractivity contribution in [2.75, 3.05) is 0 Å². The number of amides is 1. The summed E-state index contributed by atoms with van der Waals surface area (Å²) in [7, 11) is 0. The van der Waals surface area contributed by atoms with Crippen LogP contribution in [0.5, 0.6) is 0 Å². The third kappa shape index (κ3) is 2.93. The number of imidazole rings is 1. The third-order valence-electron chi connectivity index (χ3n) is 4.41. The fourth-order valence-electron chi connectivity index (χ4n) is 3.03. The molecule has 1 aliphatic rings. The van der Waals surface area contributed by atoms with Crippen LogP contribution in [0.25, 0.3) is 5.69 Å². The number of para-hydroxylation sites is 1. The summed E-state index contributed by atoms with van der Waals surface area (Å²) in [6, 6.07) is 13.9. The van der Waals surface area contributed by atoms with E-state index in [4.69, 9.17) is 0 Å². The summed E-state index contributed by atoms with van der Waals surface area (Å²) >= 11 is 0. The number of aromatic nitrogens is 3. The summed E-state index contributed by atoms with van der Waals surface area (Å²) in [5.41, 5.74) is 2.18. The molecule has 0 aliphatic heterocycles. The van der Waals surface area contributed by atoms with Crippen molar-refractivity contribution in [1.29, 1.82) is 0 Å². The second-order valence-electron chi connectivity index (χ2n) is 6.00. The van der Waals surface area contributed by atoms with Crippen molar-refractivity contribution in [2.45, 2.75) is 18.9 Å². The molecule has 5 heteroatoms. The lowest BCUT2D eigenvalue weighted by Crippen LogP contribution is -2.26. The SMILES string of the molecule is O=C(NCc1nccn1-c1ccccc1)C1CC1c1cccnc1. The Bertz CT molecular complexity index is 829. The molecule has 1 fully saturated rings. The molecular weight excluding hydrogens is 300 g/mol. The van der Waals surface area contributed by atoms with Crippen LogP contribution in [0.3, 0.4) is 0 Å². The molecule has 1 amide bonds. The Labute approximate surface area is 140 Å². The van der Waals surface area contributed by atoms with E-state index >= 15 is 0 Å². The van der Waals surface area contributed by atoms with Crippen molar-refractivity contribution in [1.82, 2.24) is 19.9 Å². The summed E-state index contributed by atoms with van der Waals surface area (Å²) in [5.74, 6) is 1.27. The van der Waals surface area contributed by atoms with Crippen molar-refractivity contribution >= 4 is 5.91 Å². The van der Waals surface area contributed by atoms with E-state index in [1.165, 1.54) is 0 Å². The van der Waals surface area contributed by atoms with Gasteiger partial charge in [-0.3, -0.25) is 9.78 Å². The lowest BCUT2D eigenvalue weighted by atomic mass is 10.1. The summed E-state index contributed by atoms with van der Waals surface area (Å²) in [5, 5.41) is 3.01. The number of pyridine rings is 1. The Kier molecular flexibility index (Phi) is 3.83. The molecule has 1 aromatic carbocycles. The third-order valence-corrected chi connectivity index (χ3v) is 4.41. The highest BCUT2D eigenvalue weighted by atomic mass is 16.2. The Hall–Kier alpha value is -2.95. The van der Waals surface area contributed by atoms with E-state index in [1.54, 1.807) is 12.4 Å². The van der Waals surface area contributed by atoms with Crippen LogP contribution >= 0.6 is 0 Å². The first-order chi connectivity index (χ1) is 11.8. The Morgan fingerprint density at radius 3 is 2.83 bits per heavy atom. The average Bonchev–Trinajstić information content (AvgIpc) is 3.31. The number of benzene rings is 1. The molecular formula is C19H18N4O. The average molecular weight is 318 g/mol. The maximum absolute atomic E-state index is 12.4. The van der Waals surface area contributed by atoms with Gasteiger partial charge in [-0.15, -0.1) is 0 Å². The second-order valence-corrected chi connectivity index (χ2v) is 6.00. The number of carbonyl (C=O) groups is 1. The van der Waals surface area contributed by atoms with Gasteiger partial charge in [-0.25, -0.2) is 4.98 Å². The molecule has 0 bridgehead atoms. The van der Waals surface area contributed by atoms with E-state index in [2.05, 4.69) is 15.3 Å². The summed E-state index contributed by atoms with van der Waals surface area (Å²) < 4.78 is 1.99. The number of rotatable bonds is 5. The monoisotopic (exact) mass is 318 g/mol. The van der Waals surface area contributed by atoms with Crippen LogP contribution in [0, 0.1) is 5.92 Å². The van der Waals surface area contributed by atoms with Crippen LogP contribution in [0.2, 0.25) is 0 Å². The Morgan fingerprint density at radius 1 is 1.17 bits per heavy atom. The molecule has 1 N–H and O–H groups in total.